The highest BCUT2D eigenvalue weighted by molar-refractivity contribution is 5.79. The van der Waals surface area contributed by atoms with E-state index in [1.54, 1.807) is 32.4 Å². The molecule has 1 unspecified atom stereocenters. The van der Waals surface area contributed by atoms with E-state index in [4.69, 9.17) is 9.47 Å². The Balaban J connectivity index is 1.85. The molecule has 0 aliphatic rings. The predicted molar refractivity (Wildman–Crippen MR) is 104 cm³/mol. The van der Waals surface area contributed by atoms with E-state index in [2.05, 4.69) is 15.6 Å². The number of hydrogen-bond acceptors (Lipinski definition) is 5. The minimum atomic E-state index is -0.392. The van der Waals surface area contributed by atoms with Crippen LogP contribution in [0.15, 0.2) is 53.5 Å². The third kappa shape index (κ3) is 6.18. The largest absolute Gasteiger partial charge is 0.497 e. The lowest BCUT2D eigenvalue weighted by Crippen LogP contribution is -2.41. The van der Waals surface area contributed by atoms with Gasteiger partial charge in [-0.15, -0.1) is 0 Å². The summed E-state index contributed by atoms with van der Waals surface area (Å²) >= 11 is 0. The number of aliphatic imine (C=N–C) groups is 1. The van der Waals surface area contributed by atoms with Crippen LogP contribution in [0.5, 0.6) is 11.5 Å². The van der Waals surface area contributed by atoms with E-state index in [1.165, 1.54) is 6.07 Å². The van der Waals surface area contributed by atoms with Gasteiger partial charge in [0.25, 0.3) is 5.69 Å². The number of nitrogens with one attached hydrogen (secondary N) is 2. The number of rotatable bonds is 8. The fourth-order valence-electron chi connectivity index (χ4n) is 2.43. The lowest BCUT2D eigenvalue weighted by Gasteiger charge is -2.18. The average molecular weight is 372 g/mol. The molecule has 2 aromatic carbocycles. The van der Waals surface area contributed by atoms with Crippen LogP contribution in [0.2, 0.25) is 0 Å². The van der Waals surface area contributed by atoms with Crippen LogP contribution >= 0.6 is 0 Å². The topological polar surface area (TPSA) is 98.0 Å². The zero-order valence-corrected chi connectivity index (χ0v) is 15.6. The molecule has 0 spiro atoms. The summed E-state index contributed by atoms with van der Waals surface area (Å²) in [6, 6.07) is 14.0. The van der Waals surface area contributed by atoms with Crippen molar-refractivity contribution >= 4 is 11.6 Å². The highest BCUT2D eigenvalue weighted by Crippen LogP contribution is 2.20. The fraction of sp³-hybridized carbons (Fsp3) is 0.316. The van der Waals surface area contributed by atoms with Crippen molar-refractivity contribution in [3.63, 3.8) is 0 Å². The van der Waals surface area contributed by atoms with Crippen molar-refractivity contribution in [2.75, 3.05) is 20.7 Å². The maximum atomic E-state index is 11.1. The van der Waals surface area contributed by atoms with E-state index in [-0.39, 0.29) is 11.8 Å². The molecule has 2 rings (SSSR count). The summed E-state index contributed by atoms with van der Waals surface area (Å²) in [4.78, 5) is 14.8. The molecular formula is C19H24N4O4. The van der Waals surface area contributed by atoms with Crippen LogP contribution in [0.3, 0.4) is 0 Å². The summed E-state index contributed by atoms with van der Waals surface area (Å²) in [5.41, 5.74) is 0.668. The second kappa shape index (κ2) is 10.0. The minimum Gasteiger partial charge on any atom is -0.497 e. The highest BCUT2D eigenvalue weighted by Gasteiger charge is 2.13. The van der Waals surface area contributed by atoms with Crippen molar-refractivity contribution in [1.29, 1.82) is 0 Å². The Labute approximate surface area is 158 Å². The minimum absolute atomic E-state index is 0.0789. The van der Waals surface area contributed by atoms with Crippen molar-refractivity contribution in [2.24, 2.45) is 4.99 Å². The second-order valence-corrected chi connectivity index (χ2v) is 5.80. The first kappa shape index (κ1) is 20.0. The van der Waals surface area contributed by atoms with Gasteiger partial charge >= 0.3 is 0 Å². The van der Waals surface area contributed by atoms with Crippen molar-refractivity contribution in [3.8, 4) is 11.5 Å². The van der Waals surface area contributed by atoms with Crippen molar-refractivity contribution < 1.29 is 14.4 Å². The van der Waals surface area contributed by atoms with Gasteiger partial charge in [0, 0.05) is 31.3 Å². The third-order valence-corrected chi connectivity index (χ3v) is 3.79. The van der Waals surface area contributed by atoms with Gasteiger partial charge in [-0.2, -0.15) is 0 Å². The Bertz CT molecular complexity index is 795. The van der Waals surface area contributed by atoms with Gasteiger partial charge in [-0.25, -0.2) is 0 Å². The Morgan fingerprint density at radius 1 is 1.19 bits per heavy atom. The zero-order valence-electron chi connectivity index (χ0n) is 15.6. The number of para-hydroxylation sites is 1. The summed E-state index contributed by atoms with van der Waals surface area (Å²) in [5.74, 6) is 1.98. The van der Waals surface area contributed by atoms with Crippen molar-refractivity contribution in [3.05, 3.63) is 64.2 Å². The monoisotopic (exact) mass is 372 g/mol. The summed E-state index contributed by atoms with van der Waals surface area (Å²) < 4.78 is 11.0. The Kier molecular flexibility index (Phi) is 7.42. The molecule has 0 aliphatic heterocycles. The number of ether oxygens (including phenoxy) is 2. The van der Waals surface area contributed by atoms with Crippen molar-refractivity contribution in [1.82, 2.24) is 10.6 Å². The summed E-state index contributed by atoms with van der Waals surface area (Å²) in [7, 11) is 3.25. The van der Waals surface area contributed by atoms with Gasteiger partial charge in [-0.1, -0.05) is 24.3 Å². The fourth-order valence-corrected chi connectivity index (χ4v) is 2.43. The molecule has 8 nitrogen and oxygen atoms in total. The standard InChI is InChI=1S/C19H24N4O4/c1-14(27-17-9-6-8-16(11-17)26-3)12-21-19(20-2)22-13-15-7-4-5-10-18(15)23(24)25/h4-11,14H,12-13H2,1-3H3,(H2,20,21,22). The lowest BCUT2D eigenvalue weighted by molar-refractivity contribution is -0.385. The normalized spacial score (nSPS) is 12.2. The second-order valence-electron chi connectivity index (χ2n) is 5.80. The molecule has 0 amide bonds. The van der Waals surface area contributed by atoms with E-state index >= 15 is 0 Å². The quantitative estimate of drug-likeness (QED) is 0.320. The molecule has 0 heterocycles. The van der Waals surface area contributed by atoms with Gasteiger partial charge in [0.05, 0.1) is 18.6 Å². The number of nitrogens with zero attached hydrogens (tertiary/aromatic N) is 2. The Hall–Kier alpha value is -3.29. The van der Waals surface area contributed by atoms with E-state index < -0.39 is 4.92 Å². The van der Waals surface area contributed by atoms with Crippen LogP contribution < -0.4 is 20.1 Å². The molecule has 2 N–H and O–H groups in total. The molecule has 0 saturated carbocycles. The van der Waals surface area contributed by atoms with Crippen LogP contribution in [-0.4, -0.2) is 37.7 Å². The van der Waals surface area contributed by atoms with E-state index in [9.17, 15) is 10.1 Å². The number of nitro groups is 1. The number of nitro benzene ring substituents is 1. The van der Waals surface area contributed by atoms with Gasteiger partial charge < -0.3 is 20.1 Å². The van der Waals surface area contributed by atoms with E-state index in [1.807, 2.05) is 31.2 Å². The smallest absolute Gasteiger partial charge is 0.274 e. The first-order chi connectivity index (χ1) is 13.0. The average Bonchev–Trinajstić information content (AvgIpc) is 2.68. The molecule has 1 atom stereocenters. The molecule has 144 valence electrons. The van der Waals surface area contributed by atoms with Gasteiger partial charge in [0.1, 0.15) is 17.6 Å². The van der Waals surface area contributed by atoms with E-state index in [0.29, 0.717) is 30.4 Å². The third-order valence-electron chi connectivity index (χ3n) is 3.79. The molecule has 0 radical (unpaired) electrons. The van der Waals surface area contributed by atoms with E-state index in [0.717, 1.165) is 5.75 Å². The van der Waals surface area contributed by atoms with Crippen LogP contribution in [0.1, 0.15) is 12.5 Å². The maximum absolute atomic E-state index is 11.1. The number of hydrogen-bond donors (Lipinski definition) is 2. The predicted octanol–water partition coefficient (Wildman–Crippen LogP) is 2.74. The van der Waals surface area contributed by atoms with Crippen LogP contribution in [0, 0.1) is 10.1 Å². The maximum Gasteiger partial charge on any atom is 0.274 e. The van der Waals surface area contributed by atoms with Crippen molar-refractivity contribution in [2.45, 2.75) is 19.6 Å². The Morgan fingerprint density at radius 3 is 2.63 bits per heavy atom. The van der Waals surface area contributed by atoms with Gasteiger partial charge in [0.2, 0.25) is 0 Å². The first-order valence-corrected chi connectivity index (χ1v) is 8.51. The number of methoxy groups -OCH3 is 1. The SMILES string of the molecule is CN=C(NCc1ccccc1[N+](=O)[O-])NCC(C)Oc1cccc(OC)c1. The first-order valence-electron chi connectivity index (χ1n) is 8.51. The lowest BCUT2D eigenvalue weighted by atomic mass is 10.2. The number of benzene rings is 2. The molecule has 0 aliphatic carbocycles. The molecule has 0 bridgehead atoms. The Morgan fingerprint density at radius 2 is 1.93 bits per heavy atom. The van der Waals surface area contributed by atoms with Crippen LogP contribution in [-0.2, 0) is 6.54 Å². The number of guanidine groups is 1. The molecule has 27 heavy (non-hydrogen) atoms. The zero-order chi connectivity index (χ0) is 19.6. The van der Waals surface area contributed by atoms with Crippen LogP contribution in [0.4, 0.5) is 5.69 Å². The highest BCUT2D eigenvalue weighted by atomic mass is 16.6. The molecule has 0 fully saturated rings. The van der Waals surface area contributed by atoms with Gasteiger partial charge in [-0.3, -0.25) is 15.1 Å². The molecule has 8 heteroatoms. The summed E-state index contributed by atoms with van der Waals surface area (Å²) in [6.45, 7) is 2.73. The molecular weight excluding hydrogens is 348 g/mol. The summed E-state index contributed by atoms with van der Waals surface area (Å²) in [6.07, 6.45) is -0.123. The molecule has 0 saturated heterocycles. The summed E-state index contributed by atoms with van der Waals surface area (Å²) in [5, 5.41) is 17.3. The van der Waals surface area contributed by atoms with Gasteiger partial charge in [0.15, 0.2) is 5.96 Å². The molecule has 2 aromatic rings. The molecule has 0 aromatic heterocycles. The van der Waals surface area contributed by atoms with Crippen LogP contribution in [0.25, 0.3) is 0 Å². The van der Waals surface area contributed by atoms with Gasteiger partial charge in [-0.05, 0) is 19.1 Å².